The van der Waals surface area contributed by atoms with Crippen LogP contribution in [0.15, 0.2) is 66.7 Å². The smallest absolute Gasteiger partial charge is 0.120 e. The zero-order valence-electron chi connectivity index (χ0n) is 16.2. The molecule has 1 fully saturated rings. The number of aliphatic hydroxyl groups is 1. The Hall–Kier alpha value is -1.98. The third-order valence-corrected chi connectivity index (χ3v) is 5.41. The maximum atomic E-state index is 10.4. The largest absolute Gasteiger partial charge is 0.491 e. The van der Waals surface area contributed by atoms with Gasteiger partial charge >= 0.3 is 0 Å². The van der Waals surface area contributed by atoms with Crippen LogP contribution in [0.25, 0.3) is 10.8 Å². The number of halogens is 2. The molecule has 4 nitrogen and oxygen atoms in total. The Morgan fingerprint density at radius 1 is 0.897 bits per heavy atom. The third kappa shape index (κ3) is 5.77. The molecule has 1 aliphatic rings. The van der Waals surface area contributed by atoms with Crippen LogP contribution in [0.3, 0.4) is 0 Å². The fraction of sp³-hybridized carbons (Fsp3) is 0.304. The highest BCUT2D eigenvalue weighted by atomic mass is 35.5. The lowest BCUT2D eigenvalue weighted by atomic mass is 10.1. The molecule has 3 aromatic carbocycles. The second-order valence-electron chi connectivity index (χ2n) is 7.24. The van der Waals surface area contributed by atoms with Crippen LogP contribution in [0, 0.1) is 0 Å². The molecule has 6 heteroatoms. The van der Waals surface area contributed by atoms with E-state index in [-0.39, 0.29) is 12.4 Å². The van der Waals surface area contributed by atoms with E-state index in [4.69, 9.17) is 16.3 Å². The highest BCUT2D eigenvalue weighted by molar-refractivity contribution is 6.30. The molecule has 0 spiro atoms. The van der Waals surface area contributed by atoms with Gasteiger partial charge in [0, 0.05) is 43.4 Å². The number of fused-ring (bicyclic) bond motifs is 1. The van der Waals surface area contributed by atoms with E-state index < -0.39 is 6.10 Å². The van der Waals surface area contributed by atoms with Crippen molar-refractivity contribution < 1.29 is 9.84 Å². The highest BCUT2D eigenvalue weighted by Crippen LogP contribution is 2.22. The van der Waals surface area contributed by atoms with Crippen molar-refractivity contribution in [1.29, 1.82) is 0 Å². The van der Waals surface area contributed by atoms with Gasteiger partial charge in [0.15, 0.2) is 0 Å². The zero-order valence-corrected chi connectivity index (χ0v) is 17.8. The van der Waals surface area contributed by atoms with E-state index in [9.17, 15) is 5.11 Å². The summed E-state index contributed by atoms with van der Waals surface area (Å²) in [5.74, 6) is 0.795. The van der Waals surface area contributed by atoms with Crippen molar-refractivity contribution in [1.82, 2.24) is 4.90 Å². The van der Waals surface area contributed by atoms with Gasteiger partial charge in [0.1, 0.15) is 18.5 Å². The molecule has 3 aromatic rings. The molecule has 4 rings (SSSR count). The zero-order chi connectivity index (χ0) is 19.3. The van der Waals surface area contributed by atoms with E-state index in [1.807, 2.05) is 48.5 Å². The molecule has 1 N–H and O–H groups in total. The lowest BCUT2D eigenvalue weighted by Crippen LogP contribution is -2.49. The summed E-state index contributed by atoms with van der Waals surface area (Å²) in [6, 6.07) is 22.2. The van der Waals surface area contributed by atoms with Gasteiger partial charge in [0.25, 0.3) is 0 Å². The van der Waals surface area contributed by atoms with Crippen LogP contribution < -0.4 is 9.64 Å². The van der Waals surface area contributed by atoms with Crippen LogP contribution in [-0.2, 0) is 0 Å². The minimum absolute atomic E-state index is 0. The Morgan fingerprint density at radius 2 is 1.66 bits per heavy atom. The standard InChI is InChI=1S/C23H25ClN2O2.ClH/c24-20-6-3-7-21(15-20)26-12-10-25(11-13-26)16-22(27)17-28-23-9-8-18-4-1-2-5-19(18)14-23;/h1-9,14-15,22,27H,10-13,16-17H2;1H. The van der Waals surface area contributed by atoms with Crippen molar-refractivity contribution in [3.63, 3.8) is 0 Å². The Bertz CT molecular complexity index is 929. The monoisotopic (exact) mass is 432 g/mol. The van der Waals surface area contributed by atoms with Gasteiger partial charge in [0.2, 0.25) is 0 Å². The number of nitrogens with zero attached hydrogens (tertiary/aromatic N) is 2. The van der Waals surface area contributed by atoms with Crippen molar-refractivity contribution >= 4 is 40.5 Å². The first-order chi connectivity index (χ1) is 13.7. The number of β-amino-alcohol motifs (C(OH)–C–C–N with tert-alkyl or cyclic N) is 1. The molecule has 1 unspecified atom stereocenters. The number of piperazine rings is 1. The molecule has 1 aliphatic heterocycles. The quantitative estimate of drug-likeness (QED) is 0.622. The average molecular weight is 433 g/mol. The first-order valence-electron chi connectivity index (χ1n) is 9.70. The summed E-state index contributed by atoms with van der Waals surface area (Å²) in [5.41, 5.74) is 1.16. The lowest BCUT2D eigenvalue weighted by Gasteiger charge is -2.36. The molecule has 154 valence electrons. The molecule has 0 bridgehead atoms. The minimum atomic E-state index is -0.510. The molecular weight excluding hydrogens is 407 g/mol. The Morgan fingerprint density at radius 3 is 2.41 bits per heavy atom. The number of benzene rings is 3. The highest BCUT2D eigenvalue weighted by Gasteiger charge is 2.20. The summed E-state index contributed by atoms with van der Waals surface area (Å²) in [6.45, 7) is 4.61. The van der Waals surface area contributed by atoms with E-state index >= 15 is 0 Å². The predicted octanol–water partition coefficient (Wildman–Crippen LogP) is 4.48. The number of aliphatic hydroxyl groups excluding tert-OH is 1. The summed E-state index contributed by atoms with van der Waals surface area (Å²) in [6.07, 6.45) is -0.510. The summed E-state index contributed by atoms with van der Waals surface area (Å²) in [4.78, 5) is 4.62. The maximum absolute atomic E-state index is 10.4. The molecule has 1 heterocycles. The molecule has 0 aliphatic carbocycles. The number of hydrogen-bond donors (Lipinski definition) is 1. The summed E-state index contributed by atoms with van der Waals surface area (Å²) in [7, 11) is 0. The molecule has 0 aromatic heterocycles. The van der Waals surface area contributed by atoms with Crippen molar-refractivity contribution in [2.24, 2.45) is 0 Å². The van der Waals surface area contributed by atoms with E-state index in [1.165, 1.54) is 5.39 Å². The van der Waals surface area contributed by atoms with E-state index in [2.05, 4.69) is 28.0 Å². The minimum Gasteiger partial charge on any atom is -0.491 e. The van der Waals surface area contributed by atoms with Crippen LogP contribution in [0.2, 0.25) is 5.02 Å². The number of hydrogen-bond acceptors (Lipinski definition) is 4. The van der Waals surface area contributed by atoms with Gasteiger partial charge in [-0.1, -0.05) is 48.0 Å². The van der Waals surface area contributed by atoms with Gasteiger partial charge in [0.05, 0.1) is 0 Å². The van der Waals surface area contributed by atoms with E-state index in [0.29, 0.717) is 13.2 Å². The lowest BCUT2D eigenvalue weighted by molar-refractivity contribution is 0.0663. The van der Waals surface area contributed by atoms with Crippen molar-refractivity contribution in [3.8, 4) is 5.75 Å². The molecule has 0 radical (unpaired) electrons. The van der Waals surface area contributed by atoms with Crippen LogP contribution in [0.5, 0.6) is 5.75 Å². The third-order valence-electron chi connectivity index (χ3n) is 5.18. The van der Waals surface area contributed by atoms with Crippen LogP contribution in [-0.4, -0.2) is 55.4 Å². The topological polar surface area (TPSA) is 35.9 Å². The average Bonchev–Trinajstić information content (AvgIpc) is 2.73. The van der Waals surface area contributed by atoms with E-state index in [1.54, 1.807) is 0 Å². The number of anilines is 1. The molecule has 0 amide bonds. The summed E-state index contributed by atoms with van der Waals surface area (Å²) < 4.78 is 5.82. The van der Waals surface area contributed by atoms with Gasteiger partial charge < -0.3 is 14.7 Å². The molecule has 1 saturated heterocycles. The Labute approximate surface area is 183 Å². The predicted molar refractivity (Wildman–Crippen MR) is 123 cm³/mol. The van der Waals surface area contributed by atoms with Crippen molar-refractivity contribution in [2.75, 3.05) is 44.2 Å². The summed E-state index contributed by atoms with van der Waals surface area (Å²) in [5, 5.41) is 13.5. The van der Waals surface area contributed by atoms with E-state index in [0.717, 1.165) is 48.0 Å². The fourth-order valence-electron chi connectivity index (χ4n) is 3.66. The first kappa shape index (κ1) is 21.7. The second-order valence-corrected chi connectivity index (χ2v) is 7.68. The number of ether oxygens (including phenoxy) is 1. The normalized spacial score (nSPS) is 15.7. The molecular formula is C23H26Cl2N2O2. The van der Waals surface area contributed by atoms with Crippen LogP contribution in [0.1, 0.15) is 0 Å². The van der Waals surface area contributed by atoms with Gasteiger partial charge in [-0.3, -0.25) is 4.90 Å². The van der Waals surface area contributed by atoms with Gasteiger partial charge in [-0.05, 0) is 41.1 Å². The molecule has 29 heavy (non-hydrogen) atoms. The second kappa shape index (κ2) is 10.2. The molecule has 1 atom stereocenters. The van der Waals surface area contributed by atoms with Crippen LogP contribution in [0.4, 0.5) is 5.69 Å². The van der Waals surface area contributed by atoms with Gasteiger partial charge in [-0.25, -0.2) is 0 Å². The Balaban J connectivity index is 0.00000240. The summed E-state index contributed by atoms with van der Waals surface area (Å²) >= 11 is 6.09. The SMILES string of the molecule is Cl.OC(COc1ccc2ccccc2c1)CN1CCN(c2cccc(Cl)c2)CC1. The van der Waals surface area contributed by atoms with Crippen molar-refractivity contribution in [3.05, 3.63) is 71.8 Å². The van der Waals surface area contributed by atoms with Crippen molar-refractivity contribution in [2.45, 2.75) is 6.10 Å². The first-order valence-corrected chi connectivity index (χ1v) is 10.1. The number of rotatable bonds is 6. The van der Waals surface area contributed by atoms with Gasteiger partial charge in [-0.15, -0.1) is 12.4 Å². The Kier molecular flexibility index (Phi) is 7.62. The van der Waals surface area contributed by atoms with Gasteiger partial charge in [-0.2, -0.15) is 0 Å². The maximum Gasteiger partial charge on any atom is 0.120 e. The molecule has 0 saturated carbocycles. The van der Waals surface area contributed by atoms with Crippen LogP contribution >= 0.6 is 24.0 Å². The fourth-order valence-corrected chi connectivity index (χ4v) is 3.85.